The maximum Gasteiger partial charge on any atom is 0.233 e. The van der Waals surface area contributed by atoms with Gasteiger partial charge in [-0.3, -0.25) is 0 Å². The van der Waals surface area contributed by atoms with E-state index in [2.05, 4.69) is 10.3 Å². The third-order valence-corrected chi connectivity index (χ3v) is 6.60. The van der Waals surface area contributed by atoms with Crippen LogP contribution in [0.4, 0.5) is 5.88 Å². The van der Waals surface area contributed by atoms with E-state index in [9.17, 15) is 8.42 Å². The maximum absolute atomic E-state index is 13.5. The third-order valence-electron chi connectivity index (χ3n) is 4.70. The number of nitrogens with one attached hydrogen (secondary N) is 1. The van der Waals surface area contributed by atoms with E-state index in [1.165, 1.54) is 12.1 Å². The molecule has 0 radical (unpaired) electrons. The van der Waals surface area contributed by atoms with Gasteiger partial charge in [-0.25, -0.2) is 8.42 Å². The topological polar surface area (TPSA) is 99.9 Å². The Morgan fingerprint density at radius 3 is 2.72 bits per heavy atom. The first-order chi connectivity index (χ1) is 15.5. The number of hydrogen-bond acceptors (Lipinski definition) is 8. The summed E-state index contributed by atoms with van der Waals surface area (Å²) in [5.74, 6) is 1.09. The number of fused-ring (bicyclic) bond motifs is 1. The Bertz CT molecular complexity index is 1190. The summed E-state index contributed by atoms with van der Waals surface area (Å²) in [7, 11) is -4.01. The number of benzene rings is 2. The van der Waals surface area contributed by atoms with Gasteiger partial charge in [0.2, 0.25) is 26.6 Å². The summed E-state index contributed by atoms with van der Waals surface area (Å²) in [6.45, 7) is 4.30. The maximum atomic E-state index is 13.5. The number of rotatable bonds is 9. The first-order valence-electron chi connectivity index (χ1n) is 10.2. The van der Waals surface area contributed by atoms with E-state index in [1.54, 1.807) is 30.3 Å². The normalized spacial score (nSPS) is 13.2. The summed E-state index contributed by atoms with van der Waals surface area (Å²) < 4.78 is 49.1. The number of ether oxygens (including phenoxy) is 3. The molecule has 2 heterocycles. The van der Waals surface area contributed by atoms with Crippen molar-refractivity contribution in [3.8, 4) is 23.0 Å². The zero-order valence-electron chi connectivity index (χ0n) is 17.5. The molecule has 0 saturated heterocycles. The van der Waals surface area contributed by atoms with Gasteiger partial charge < -0.3 is 23.9 Å². The van der Waals surface area contributed by atoms with Crippen molar-refractivity contribution in [3.63, 3.8) is 0 Å². The van der Waals surface area contributed by atoms with Gasteiger partial charge >= 0.3 is 0 Å². The van der Waals surface area contributed by atoms with E-state index in [0.29, 0.717) is 61.5 Å². The van der Waals surface area contributed by atoms with Crippen molar-refractivity contribution in [2.75, 3.05) is 38.3 Å². The second-order valence-corrected chi connectivity index (χ2v) is 9.25. The van der Waals surface area contributed by atoms with E-state index in [1.807, 2.05) is 6.92 Å². The highest BCUT2D eigenvalue weighted by Crippen LogP contribution is 2.37. The van der Waals surface area contributed by atoms with Crippen LogP contribution in [0.1, 0.15) is 13.3 Å². The minimum atomic E-state index is -4.01. The number of hydrogen-bond donors (Lipinski definition) is 1. The van der Waals surface area contributed by atoms with Crippen LogP contribution in [0.2, 0.25) is 5.02 Å². The van der Waals surface area contributed by atoms with Gasteiger partial charge in [0.15, 0.2) is 11.5 Å². The Balaban J connectivity index is 1.70. The quantitative estimate of drug-likeness (QED) is 0.450. The van der Waals surface area contributed by atoms with Crippen molar-refractivity contribution in [2.24, 2.45) is 0 Å². The van der Waals surface area contributed by atoms with Gasteiger partial charge in [0.25, 0.3) is 0 Å². The van der Waals surface area contributed by atoms with Gasteiger partial charge in [-0.15, -0.1) is 0 Å². The standard InChI is InChI=1S/C22H23ClN2O6S/c1-2-28-10-4-9-24-21-22(25-20(31-21)15-5-3-6-16(23)13-15)32(26,27)17-7-8-18-19(14-17)30-12-11-29-18/h3,5-8,13-14,24H,2,4,9-12H2,1H3. The Hall–Kier alpha value is -2.75. The van der Waals surface area contributed by atoms with Gasteiger partial charge in [-0.05, 0) is 43.7 Å². The molecule has 2 aromatic carbocycles. The van der Waals surface area contributed by atoms with E-state index < -0.39 is 9.84 Å². The summed E-state index contributed by atoms with van der Waals surface area (Å²) in [6.07, 6.45) is 0.671. The molecule has 8 nitrogen and oxygen atoms in total. The fourth-order valence-corrected chi connectivity index (χ4v) is 4.65. The lowest BCUT2D eigenvalue weighted by Gasteiger charge is -2.18. The van der Waals surface area contributed by atoms with Crippen molar-refractivity contribution in [2.45, 2.75) is 23.3 Å². The number of aromatic nitrogens is 1. The molecule has 3 aromatic rings. The zero-order chi connectivity index (χ0) is 22.6. The fraction of sp³-hybridized carbons (Fsp3) is 0.318. The number of nitrogens with zero attached hydrogens (tertiary/aromatic N) is 1. The van der Waals surface area contributed by atoms with Gasteiger partial charge in [0, 0.05) is 36.4 Å². The van der Waals surface area contributed by atoms with Gasteiger partial charge in [0.1, 0.15) is 13.2 Å². The number of halogens is 1. The molecule has 0 atom stereocenters. The molecule has 0 saturated carbocycles. The zero-order valence-corrected chi connectivity index (χ0v) is 19.0. The van der Waals surface area contributed by atoms with Crippen LogP contribution < -0.4 is 14.8 Å². The smallest absolute Gasteiger partial charge is 0.233 e. The molecule has 0 unspecified atom stereocenters. The highest BCUT2D eigenvalue weighted by atomic mass is 35.5. The van der Waals surface area contributed by atoms with Crippen molar-refractivity contribution >= 4 is 27.3 Å². The molecule has 32 heavy (non-hydrogen) atoms. The number of anilines is 1. The van der Waals surface area contributed by atoms with Crippen LogP contribution in [-0.2, 0) is 14.6 Å². The highest BCUT2D eigenvalue weighted by molar-refractivity contribution is 7.91. The first-order valence-corrected chi connectivity index (χ1v) is 12.1. The molecule has 10 heteroatoms. The molecule has 170 valence electrons. The van der Waals surface area contributed by atoms with E-state index in [-0.39, 0.29) is 21.7 Å². The molecular formula is C22H23ClN2O6S. The molecule has 0 amide bonds. The van der Waals surface area contributed by atoms with Gasteiger partial charge in [0.05, 0.1) is 4.90 Å². The van der Waals surface area contributed by atoms with Gasteiger partial charge in [-0.2, -0.15) is 4.98 Å². The van der Waals surface area contributed by atoms with E-state index in [0.717, 1.165) is 0 Å². The summed E-state index contributed by atoms with van der Waals surface area (Å²) in [4.78, 5) is 4.35. The second kappa shape index (κ2) is 9.81. The van der Waals surface area contributed by atoms with Crippen molar-refractivity contribution < 1.29 is 27.0 Å². The summed E-state index contributed by atoms with van der Waals surface area (Å²) >= 11 is 6.08. The summed E-state index contributed by atoms with van der Waals surface area (Å²) in [5.41, 5.74) is 0.568. The second-order valence-electron chi connectivity index (χ2n) is 6.95. The molecule has 4 rings (SSSR count). The van der Waals surface area contributed by atoms with Crippen LogP contribution in [-0.4, -0.2) is 46.4 Å². The predicted octanol–water partition coefficient (Wildman–Crippen LogP) is 4.44. The molecule has 1 aliphatic rings. The van der Waals surface area contributed by atoms with Crippen molar-refractivity contribution in [3.05, 3.63) is 47.5 Å². The monoisotopic (exact) mass is 478 g/mol. The largest absolute Gasteiger partial charge is 0.486 e. The van der Waals surface area contributed by atoms with Crippen molar-refractivity contribution in [1.82, 2.24) is 4.98 Å². The molecule has 0 spiro atoms. The SMILES string of the molecule is CCOCCCNc1oc(-c2cccc(Cl)c2)nc1S(=O)(=O)c1ccc2c(c1)OCCO2. The molecular weight excluding hydrogens is 456 g/mol. The molecule has 1 aliphatic heterocycles. The Morgan fingerprint density at radius 2 is 1.94 bits per heavy atom. The predicted molar refractivity (Wildman–Crippen MR) is 119 cm³/mol. The van der Waals surface area contributed by atoms with Crippen LogP contribution in [0.5, 0.6) is 11.5 Å². The molecule has 0 fully saturated rings. The third kappa shape index (κ3) is 4.85. The van der Waals surface area contributed by atoms with E-state index >= 15 is 0 Å². The van der Waals surface area contributed by atoms with Crippen LogP contribution in [0.3, 0.4) is 0 Å². The van der Waals surface area contributed by atoms with Crippen molar-refractivity contribution in [1.29, 1.82) is 0 Å². The minimum Gasteiger partial charge on any atom is -0.486 e. The molecule has 0 bridgehead atoms. The van der Waals surface area contributed by atoms with Crippen LogP contribution in [0.25, 0.3) is 11.5 Å². The number of sulfone groups is 1. The average molecular weight is 479 g/mol. The molecule has 1 aromatic heterocycles. The Morgan fingerprint density at radius 1 is 1.12 bits per heavy atom. The summed E-state index contributed by atoms with van der Waals surface area (Å²) in [5, 5.41) is 3.32. The van der Waals surface area contributed by atoms with Crippen LogP contribution in [0.15, 0.2) is 56.8 Å². The fourth-order valence-electron chi connectivity index (χ4n) is 3.17. The Labute approximate surface area is 191 Å². The number of oxazole rings is 1. The first kappa shape index (κ1) is 22.4. The lowest BCUT2D eigenvalue weighted by molar-refractivity contribution is 0.147. The van der Waals surface area contributed by atoms with Crippen LogP contribution >= 0.6 is 11.6 Å². The lowest BCUT2D eigenvalue weighted by atomic mass is 10.2. The van der Waals surface area contributed by atoms with Gasteiger partial charge in [-0.1, -0.05) is 17.7 Å². The average Bonchev–Trinajstić information content (AvgIpc) is 3.24. The molecule has 1 N–H and O–H groups in total. The minimum absolute atomic E-state index is 0.0325. The van der Waals surface area contributed by atoms with E-state index in [4.69, 9.17) is 30.2 Å². The summed E-state index contributed by atoms with van der Waals surface area (Å²) in [6, 6.07) is 11.4. The lowest BCUT2D eigenvalue weighted by Crippen LogP contribution is -2.16. The molecule has 0 aliphatic carbocycles. The highest BCUT2D eigenvalue weighted by Gasteiger charge is 2.30. The Kier molecular flexibility index (Phi) is 6.88. The van der Waals surface area contributed by atoms with Crippen LogP contribution in [0, 0.1) is 0 Å².